The topological polar surface area (TPSA) is 20.2 Å². The number of allylic oxidation sites excluding steroid dienone is 3. The van der Waals surface area contributed by atoms with Gasteiger partial charge in [0, 0.05) is 0 Å². The van der Waals surface area contributed by atoms with Gasteiger partial charge in [-0.1, -0.05) is 18.9 Å². The van der Waals surface area contributed by atoms with E-state index in [1.807, 2.05) is 12.2 Å². The Morgan fingerprint density at radius 1 is 1.42 bits per heavy atom. The first-order valence-corrected chi connectivity index (χ1v) is 4.81. The van der Waals surface area contributed by atoms with Crippen molar-refractivity contribution in [2.24, 2.45) is 5.41 Å². The Hall–Kier alpha value is -0.720. The summed E-state index contributed by atoms with van der Waals surface area (Å²) in [6.07, 6.45) is 10.1. The fraction of sp³-hybridized carbons (Fsp3) is 0.636. The van der Waals surface area contributed by atoms with E-state index >= 15 is 0 Å². The molecule has 1 unspecified atom stereocenters. The Bertz CT molecular complexity index is 250. The highest BCUT2D eigenvalue weighted by Gasteiger charge is 2.32. The molecule has 0 radical (unpaired) electrons. The highest BCUT2D eigenvalue weighted by Crippen LogP contribution is 2.45. The van der Waals surface area contributed by atoms with E-state index in [0.29, 0.717) is 11.2 Å². The van der Waals surface area contributed by atoms with Gasteiger partial charge < -0.3 is 5.11 Å². The Kier molecular flexibility index (Phi) is 1.75. The van der Waals surface area contributed by atoms with Gasteiger partial charge >= 0.3 is 0 Å². The maximum Gasteiger partial charge on any atom is 0.111 e. The molecule has 0 aromatic rings. The van der Waals surface area contributed by atoms with Gasteiger partial charge in [-0.15, -0.1) is 0 Å². The number of aliphatic hydroxyl groups is 1. The van der Waals surface area contributed by atoms with Crippen molar-refractivity contribution in [2.75, 3.05) is 0 Å². The van der Waals surface area contributed by atoms with Gasteiger partial charge in [-0.3, -0.25) is 0 Å². The molecule has 1 fully saturated rings. The monoisotopic (exact) mass is 164 g/mol. The molecule has 0 aliphatic heterocycles. The third-order valence-electron chi connectivity index (χ3n) is 3.28. The molecule has 1 N–H and O–H groups in total. The molecule has 0 aromatic carbocycles. The van der Waals surface area contributed by atoms with Gasteiger partial charge in [-0.05, 0) is 43.3 Å². The summed E-state index contributed by atoms with van der Waals surface area (Å²) in [6.45, 7) is 2.32. The van der Waals surface area contributed by atoms with E-state index in [1.165, 1.54) is 31.3 Å². The van der Waals surface area contributed by atoms with Crippen molar-refractivity contribution in [2.45, 2.75) is 39.0 Å². The van der Waals surface area contributed by atoms with Gasteiger partial charge in [-0.2, -0.15) is 0 Å². The molecule has 1 heteroatoms. The molecule has 0 bridgehead atoms. The average Bonchev–Trinajstić information content (AvgIpc) is 2.06. The third kappa shape index (κ3) is 1.17. The second-order valence-corrected chi connectivity index (χ2v) is 4.27. The third-order valence-corrected chi connectivity index (χ3v) is 3.28. The van der Waals surface area contributed by atoms with Crippen LogP contribution in [0, 0.1) is 5.41 Å². The maximum atomic E-state index is 9.35. The van der Waals surface area contributed by atoms with Crippen LogP contribution in [0.4, 0.5) is 0 Å². The SMILES string of the molecule is CC12CC=C(O)C=C1CCCC2. The number of hydrogen-bond donors (Lipinski definition) is 1. The minimum absolute atomic E-state index is 0.379. The fourth-order valence-electron chi connectivity index (χ4n) is 2.34. The summed E-state index contributed by atoms with van der Waals surface area (Å²) in [5.74, 6) is 0.476. The van der Waals surface area contributed by atoms with Crippen LogP contribution < -0.4 is 0 Å². The molecule has 2 rings (SSSR count). The first kappa shape index (κ1) is 7.90. The summed E-state index contributed by atoms with van der Waals surface area (Å²) >= 11 is 0. The van der Waals surface area contributed by atoms with Gasteiger partial charge in [0.05, 0.1) is 0 Å². The molecule has 0 amide bonds. The van der Waals surface area contributed by atoms with E-state index in [2.05, 4.69) is 6.92 Å². The van der Waals surface area contributed by atoms with Gasteiger partial charge in [0.2, 0.25) is 0 Å². The molecule has 0 spiro atoms. The van der Waals surface area contributed by atoms with Crippen LogP contribution >= 0.6 is 0 Å². The van der Waals surface area contributed by atoms with E-state index in [-0.39, 0.29) is 0 Å². The lowest BCUT2D eigenvalue weighted by Crippen LogP contribution is -2.24. The van der Waals surface area contributed by atoms with Gasteiger partial charge in [-0.25, -0.2) is 0 Å². The van der Waals surface area contributed by atoms with Crippen molar-refractivity contribution >= 4 is 0 Å². The van der Waals surface area contributed by atoms with Crippen LogP contribution in [-0.2, 0) is 0 Å². The van der Waals surface area contributed by atoms with Crippen LogP contribution in [0.5, 0.6) is 0 Å². The molecule has 1 atom stereocenters. The Labute approximate surface area is 73.8 Å². The van der Waals surface area contributed by atoms with E-state index in [0.717, 1.165) is 6.42 Å². The van der Waals surface area contributed by atoms with Crippen molar-refractivity contribution < 1.29 is 5.11 Å². The van der Waals surface area contributed by atoms with E-state index in [9.17, 15) is 5.11 Å². The first-order valence-electron chi connectivity index (χ1n) is 4.81. The zero-order valence-corrected chi connectivity index (χ0v) is 7.64. The van der Waals surface area contributed by atoms with Crippen molar-refractivity contribution in [3.8, 4) is 0 Å². The smallest absolute Gasteiger partial charge is 0.111 e. The average molecular weight is 164 g/mol. The number of rotatable bonds is 0. The standard InChI is InChI=1S/C11H16O/c1-11-6-3-2-4-9(11)8-10(12)5-7-11/h5,8,12H,2-4,6-7H2,1H3. The fourth-order valence-corrected chi connectivity index (χ4v) is 2.34. The summed E-state index contributed by atoms with van der Waals surface area (Å²) in [6, 6.07) is 0. The van der Waals surface area contributed by atoms with Gasteiger partial charge in [0.1, 0.15) is 5.76 Å². The first-order chi connectivity index (χ1) is 5.71. The van der Waals surface area contributed by atoms with Crippen LogP contribution in [0.2, 0.25) is 0 Å². The predicted molar refractivity (Wildman–Crippen MR) is 50.0 cm³/mol. The minimum atomic E-state index is 0.379. The minimum Gasteiger partial charge on any atom is -0.508 e. The zero-order chi connectivity index (χ0) is 8.60. The van der Waals surface area contributed by atoms with E-state index in [4.69, 9.17) is 0 Å². The molecule has 12 heavy (non-hydrogen) atoms. The van der Waals surface area contributed by atoms with E-state index in [1.54, 1.807) is 0 Å². The van der Waals surface area contributed by atoms with Crippen molar-refractivity contribution in [1.29, 1.82) is 0 Å². The van der Waals surface area contributed by atoms with Crippen molar-refractivity contribution in [3.05, 3.63) is 23.5 Å². The van der Waals surface area contributed by atoms with Gasteiger partial charge in [0.25, 0.3) is 0 Å². The summed E-state index contributed by atoms with van der Waals surface area (Å²) < 4.78 is 0. The summed E-state index contributed by atoms with van der Waals surface area (Å²) in [4.78, 5) is 0. The largest absolute Gasteiger partial charge is 0.508 e. The number of fused-ring (bicyclic) bond motifs is 1. The molecule has 66 valence electrons. The Balaban J connectivity index is 2.28. The summed E-state index contributed by atoms with van der Waals surface area (Å²) in [5, 5.41) is 9.35. The molecule has 0 aromatic heterocycles. The number of hydrogen-bond acceptors (Lipinski definition) is 1. The predicted octanol–water partition coefficient (Wildman–Crippen LogP) is 3.34. The van der Waals surface area contributed by atoms with Crippen LogP contribution in [0.15, 0.2) is 23.5 Å². The Morgan fingerprint density at radius 3 is 3.08 bits per heavy atom. The molecule has 2 aliphatic rings. The van der Waals surface area contributed by atoms with Gasteiger partial charge in [0.15, 0.2) is 0 Å². The second-order valence-electron chi connectivity index (χ2n) is 4.27. The summed E-state index contributed by atoms with van der Waals surface area (Å²) in [5.41, 5.74) is 1.85. The highest BCUT2D eigenvalue weighted by molar-refractivity contribution is 5.30. The van der Waals surface area contributed by atoms with Crippen molar-refractivity contribution in [1.82, 2.24) is 0 Å². The molecule has 1 nitrogen and oxygen atoms in total. The lowest BCUT2D eigenvalue weighted by molar-refractivity contribution is 0.290. The Morgan fingerprint density at radius 2 is 2.25 bits per heavy atom. The van der Waals surface area contributed by atoms with Crippen LogP contribution in [-0.4, -0.2) is 5.11 Å². The normalized spacial score (nSPS) is 35.1. The molecule has 0 heterocycles. The molecular formula is C11H16O. The molecular weight excluding hydrogens is 148 g/mol. The molecule has 1 saturated carbocycles. The molecule has 2 aliphatic carbocycles. The maximum absolute atomic E-state index is 9.35. The molecule has 0 saturated heterocycles. The lowest BCUT2D eigenvalue weighted by atomic mass is 9.68. The van der Waals surface area contributed by atoms with Crippen LogP contribution in [0.3, 0.4) is 0 Å². The van der Waals surface area contributed by atoms with Crippen LogP contribution in [0.1, 0.15) is 39.0 Å². The lowest BCUT2D eigenvalue weighted by Gasteiger charge is -2.37. The zero-order valence-electron chi connectivity index (χ0n) is 7.64. The van der Waals surface area contributed by atoms with E-state index < -0.39 is 0 Å². The van der Waals surface area contributed by atoms with Crippen molar-refractivity contribution in [3.63, 3.8) is 0 Å². The number of aliphatic hydroxyl groups excluding tert-OH is 1. The quantitative estimate of drug-likeness (QED) is 0.582. The summed E-state index contributed by atoms with van der Waals surface area (Å²) in [7, 11) is 0. The van der Waals surface area contributed by atoms with Crippen LogP contribution in [0.25, 0.3) is 0 Å². The second kappa shape index (κ2) is 2.65. The highest BCUT2D eigenvalue weighted by atomic mass is 16.3.